The molecule has 0 bridgehead atoms. The summed E-state index contributed by atoms with van der Waals surface area (Å²) in [5.41, 5.74) is 5.45. The molecule has 16 heavy (non-hydrogen) atoms. The van der Waals surface area contributed by atoms with Crippen molar-refractivity contribution in [1.29, 1.82) is 5.26 Å². The van der Waals surface area contributed by atoms with Crippen molar-refractivity contribution in [3.05, 3.63) is 28.7 Å². The summed E-state index contributed by atoms with van der Waals surface area (Å²) in [6, 6.07) is 10.3. The van der Waals surface area contributed by atoms with E-state index in [2.05, 4.69) is 22.0 Å². The Labute approximate surface area is 108 Å². The third-order valence-electron chi connectivity index (χ3n) is 2.82. The van der Waals surface area contributed by atoms with E-state index >= 15 is 0 Å². The van der Waals surface area contributed by atoms with Gasteiger partial charge in [-0.2, -0.15) is 5.26 Å². The number of thioether (sulfide) groups is 1. The monoisotopic (exact) mass is 296 g/mol. The lowest BCUT2D eigenvalue weighted by Gasteiger charge is -2.20. The average Bonchev–Trinajstić information content (AvgIpc) is 3.12. The lowest BCUT2D eigenvalue weighted by atomic mass is 10.00. The van der Waals surface area contributed by atoms with E-state index in [9.17, 15) is 0 Å². The SMILES string of the molecule is N#CC(N)(CSc1ccccc1Br)C1CC1. The van der Waals surface area contributed by atoms with E-state index in [1.54, 1.807) is 11.8 Å². The van der Waals surface area contributed by atoms with Gasteiger partial charge < -0.3 is 5.73 Å². The van der Waals surface area contributed by atoms with E-state index in [1.165, 1.54) is 0 Å². The number of rotatable bonds is 4. The van der Waals surface area contributed by atoms with Crippen molar-refractivity contribution >= 4 is 27.7 Å². The summed E-state index contributed by atoms with van der Waals surface area (Å²) >= 11 is 5.15. The Morgan fingerprint density at radius 3 is 2.75 bits per heavy atom. The number of nitrogens with zero attached hydrogens (tertiary/aromatic N) is 1. The van der Waals surface area contributed by atoms with Gasteiger partial charge in [-0.05, 0) is 46.8 Å². The summed E-state index contributed by atoms with van der Waals surface area (Å²) in [5, 5.41) is 9.14. The number of halogens is 1. The number of hydrogen-bond donors (Lipinski definition) is 1. The Hall–Kier alpha value is -0.500. The van der Waals surface area contributed by atoms with Gasteiger partial charge in [-0.25, -0.2) is 0 Å². The maximum absolute atomic E-state index is 9.14. The first-order valence-electron chi connectivity index (χ1n) is 5.23. The number of nitriles is 1. The van der Waals surface area contributed by atoms with Crippen LogP contribution in [0, 0.1) is 17.2 Å². The van der Waals surface area contributed by atoms with Gasteiger partial charge in [0.1, 0.15) is 5.54 Å². The van der Waals surface area contributed by atoms with E-state index in [4.69, 9.17) is 11.0 Å². The molecule has 2 N–H and O–H groups in total. The van der Waals surface area contributed by atoms with Crippen LogP contribution < -0.4 is 5.73 Å². The molecule has 0 amide bonds. The molecule has 0 radical (unpaired) electrons. The van der Waals surface area contributed by atoms with Gasteiger partial charge in [0.25, 0.3) is 0 Å². The maximum Gasteiger partial charge on any atom is 0.116 e. The number of nitrogens with two attached hydrogens (primary N) is 1. The Morgan fingerprint density at radius 1 is 1.50 bits per heavy atom. The first-order chi connectivity index (χ1) is 7.65. The lowest BCUT2D eigenvalue weighted by molar-refractivity contribution is 0.532. The first-order valence-corrected chi connectivity index (χ1v) is 7.01. The molecule has 1 aromatic carbocycles. The standard InChI is InChI=1S/C12H13BrN2S/c13-10-3-1-2-4-11(10)16-8-12(15,7-14)9-5-6-9/h1-4,9H,5-6,8,15H2. The van der Waals surface area contributed by atoms with Crippen LogP contribution in [0.15, 0.2) is 33.6 Å². The minimum Gasteiger partial charge on any atom is -0.312 e. The van der Waals surface area contributed by atoms with Crippen LogP contribution in [0.25, 0.3) is 0 Å². The first kappa shape index (κ1) is 12.0. The maximum atomic E-state index is 9.14. The van der Waals surface area contributed by atoms with Gasteiger partial charge in [0.2, 0.25) is 0 Å². The van der Waals surface area contributed by atoms with Crippen LogP contribution in [0.5, 0.6) is 0 Å². The fourth-order valence-corrected chi connectivity index (χ4v) is 3.30. The summed E-state index contributed by atoms with van der Waals surface area (Å²) in [6.07, 6.45) is 2.20. The van der Waals surface area contributed by atoms with E-state index in [-0.39, 0.29) is 0 Å². The Bertz CT molecular complexity index is 425. The van der Waals surface area contributed by atoms with Crippen LogP contribution in [0.4, 0.5) is 0 Å². The quantitative estimate of drug-likeness (QED) is 0.868. The highest BCUT2D eigenvalue weighted by molar-refractivity contribution is 9.10. The van der Waals surface area contributed by atoms with Crippen molar-refractivity contribution in [2.24, 2.45) is 11.7 Å². The van der Waals surface area contributed by atoms with Crippen LogP contribution in [-0.2, 0) is 0 Å². The second kappa shape index (κ2) is 4.79. The Morgan fingerprint density at radius 2 is 2.19 bits per heavy atom. The molecule has 1 fully saturated rings. The molecule has 0 aliphatic heterocycles. The van der Waals surface area contributed by atoms with Gasteiger partial charge in [0, 0.05) is 15.1 Å². The van der Waals surface area contributed by atoms with Gasteiger partial charge in [-0.15, -0.1) is 11.8 Å². The molecule has 1 aromatic rings. The van der Waals surface area contributed by atoms with Crippen LogP contribution in [0.1, 0.15) is 12.8 Å². The minimum atomic E-state index is -0.653. The molecule has 2 rings (SSSR count). The second-order valence-electron chi connectivity index (χ2n) is 4.15. The molecule has 0 heterocycles. The molecule has 0 aromatic heterocycles. The third kappa shape index (κ3) is 2.60. The van der Waals surface area contributed by atoms with Crippen molar-refractivity contribution in [3.63, 3.8) is 0 Å². The highest BCUT2D eigenvalue weighted by Crippen LogP contribution is 2.41. The summed E-state index contributed by atoms with van der Waals surface area (Å²) in [4.78, 5) is 1.15. The Kier molecular flexibility index (Phi) is 3.58. The molecule has 1 atom stereocenters. The van der Waals surface area contributed by atoms with Crippen molar-refractivity contribution < 1.29 is 0 Å². The largest absolute Gasteiger partial charge is 0.312 e. The normalized spacial score (nSPS) is 18.8. The number of benzene rings is 1. The predicted octanol–water partition coefficient (Wildman–Crippen LogP) is 3.17. The zero-order valence-electron chi connectivity index (χ0n) is 8.82. The minimum absolute atomic E-state index is 0.396. The zero-order valence-corrected chi connectivity index (χ0v) is 11.2. The van der Waals surface area contributed by atoms with Crippen molar-refractivity contribution in [2.75, 3.05) is 5.75 Å². The molecular weight excluding hydrogens is 284 g/mol. The third-order valence-corrected chi connectivity index (χ3v) is 5.06. The van der Waals surface area contributed by atoms with Crippen LogP contribution in [0.3, 0.4) is 0 Å². The van der Waals surface area contributed by atoms with E-state index in [0.717, 1.165) is 22.2 Å². The highest BCUT2D eigenvalue weighted by Gasteiger charge is 2.42. The van der Waals surface area contributed by atoms with Gasteiger partial charge in [-0.3, -0.25) is 0 Å². The molecule has 1 saturated carbocycles. The fraction of sp³-hybridized carbons (Fsp3) is 0.417. The van der Waals surface area contributed by atoms with E-state index in [1.807, 2.05) is 24.3 Å². The van der Waals surface area contributed by atoms with Crippen LogP contribution in [-0.4, -0.2) is 11.3 Å². The molecule has 2 nitrogen and oxygen atoms in total. The average molecular weight is 297 g/mol. The topological polar surface area (TPSA) is 49.8 Å². The highest BCUT2D eigenvalue weighted by atomic mass is 79.9. The molecule has 0 spiro atoms. The molecule has 1 aliphatic rings. The zero-order chi connectivity index (χ0) is 11.6. The van der Waals surface area contributed by atoms with Gasteiger partial charge in [0.05, 0.1) is 6.07 Å². The molecule has 4 heteroatoms. The summed E-state index contributed by atoms with van der Waals surface area (Å²) in [7, 11) is 0. The molecule has 1 aliphatic carbocycles. The molecular formula is C12H13BrN2S. The summed E-state index contributed by atoms with van der Waals surface area (Å²) in [6.45, 7) is 0. The van der Waals surface area contributed by atoms with Crippen molar-refractivity contribution in [2.45, 2.75) is 23.3 Å². The van der Waals surface area contributed by atoms with Gasteiger partial charge in [0.15, 0.2) is 0 Å². The molecule has 0 saturated heterocycles. The van der Waals surface area contributed by atoms with Crippen molar-refractivity contribution in [1.82, 2.24) is 0 Å². The second-order valence-corrected chi connectivity index (χ2v) is 6.02. The van der Waals surface area contributed by atoms with Crippen molar-refractivity contribution in [3.8, 4) is 6.07 Å². The summed E-state index contributed by atoms with van der Waals surface area (Å²) in [5.74, 6) is 1.06. The van der Waals surface area contributed by atoms with E-state index < -0.39 is 5.54 Å². The van der Waals surface area contributed by atoms with E-state index in [0.29, 0.717) is 11.7 Å². The van der Waals surface area contributed by atoms with Gasteiger partial charge >= 0.3 is 0 Å². The predicted molar refractivity (Wildman–Crippen MR) is 70.1 cm³/mol. The molecule has 84 valence electrons. The van der Waals surface area contributed by atoms with Gasteiger partial charge in [-0.1, -0.05) is 12.1 Å². The fourth-order valence-electron chi connectivity index (χ4n) is 1.60. The molecule has 1 unspecified atom stereocenters. The Balaban J connectivity index is 2.02. The smallest absolute Gasteiger partial charge is 0.116 e. The van der Waals surface area contributed by atoms with Crippen LogP contribution in [0.2, 0.25) is 0 Å². The van der Waals surface area contributed by atoms with Crippen LogP contribution >= 0.6 is 27.7 Å². The number of hydrogen-bond acceptors (Lipinski definition) is 3. The summed E-state index contributed by atoms with van der Waals surface area (Å²) < 4.78 is 1.07. The lowest BCUT2D eigenvalue weighted by Crippen LogP contribution is -2.43.